The fraction of sp³-hybridized carbons (Fsp3) is 0.462. The van der Waals surface area contributed by atoms with E-state index in [1.165, 1.54) is 0 Å². The van der Waals surface area contributed by atoms with Gasteiger partial charge < -0.3 is 5.32 Å². The lowest BCUT2D eigenvalue weighted by atomic mass is 10.0. The van der Waals surface area contributed by atoms with E-state index in [4.69, 9.17) is 0 Å². The summed E-state index contributed by atoms with van der Waals surface area (Å²) in [5, 5.41) is 3.97. The number of carbonyl (C=O) groups excluding carboxylic acids is 1. The van der Waals surface area contributed by atoms with E-state index < -0.39 is 0 Å². The van der Waals surface area contributed by atoms with Crippen molar-refractivity contribution in [3.05, 3.63) is 35.9 Å². The summed E-state index contributed by atoms with van der Waals surface area (Å²) in [6.45, 7) is 4.25. The molecule has 0 fully saturated rings. The number of hydrogen-bond acceptors (Lipinski definition) is 1. The van der Waals surface area contributed by atoms with Gasteiger partial charge in [0.15, 0.2) is 0 Å². The second kappa shape index (κ2) is 6.69. The third-order valence-corrected chi connectivity index (χ3v) is 3.04. The fourth-order valence-corrected chi connectivity index (χ4v) is 2.02. The van der Waals surface area contributed by atoms with Gasteiger partial charge in [0.2, 0.25) is 0 Å². The number of rotatable bonds is 5. The minimum Gasteiger partial charge on any atom is -0.349 e. The molecule has 0 saturated heterocycles. The Bertz CT molecular complexity index is 324. The first-order chi connectivity index (χ1) is 7.65. The Labute approximate surface area is 106 Å². The van der Waals surface area contributed by atoms with Gasteiger partial charge in [0.25, 0.3) is 5.91 Å². The van der Waals surface area contributed by atoms with E-state index in [-0.39, 0.29) is 11.9 Å². The third kappa shape index (κ3) is 3.97. The van der Waals surface area contributed by atoms with Gasteiger partial charge in [-0.3, -0.25) is 4.79 Å². The zero-order valence-electron chi connectivity index (χ0n) is 9.74. The summed E-state index contributed by atoms with van der Waals surface area (Å²) in [6.07, 6.45) is 0.955. The lowest BCUT2D eigenvalue weighted by Crippen LogP contribution is -2.38. The highest BCUT2D eigenvalue weighted by molar-refractivity contribution is 9.09. The highest BCUT2D eigenvalue weighted by atomic mass is 79.9. The molecule has 0 bridgehead atoms. The minimum atomic E-state index is 0.0141. The van der Waals surface area contributed by atoms with E-state index in [1.807, 2.05) is 30.3 Å². The average molecular weight is 284 g/mol. The Balaban J connectivity index is 2.62. The van der Waals surface area contributed by atoms with E-state index in [1.54, 1.807) is 0 Å². The number of nitrogens with one attached hydrogen (secondary N) is 1. The predicted molar refractivity (Wildman–Crippen MR) is 70.9 cm³/mol. The van der Waals surface area contributed by atoms with Crippen LogP contribution in [0.15, 0.2) is 30.3 Å². The normalized spacial score (nSPS) is 12.5. The maximum absolute atomic E-state index is 11.9. The molecule has 0 heterocycles. The van der Waals surface area contributed by atoms with Crippen LogP contribution in [-0.4, -0.2) is 17.3 Å². The number of halogens is 1. The lowest BCUT2D eigenvalue weighted by molar-refractivity contribution is 0.0925. The number of hydrogen-bond donors (Lipinski definition) is 1. The van der Waals surface area contributed by atoms with Crippen molar-refractivity contribution in [1.29, 1.82) is 0 Å². The molecule has 1 unspecified atom stereocenters. The average Bonchev–Trinajstić information content (AvgIpc) is 2.29. The maximum atomic E-state index is 11.9. The molecule has 0 spiro atoms. The summed E-state index contributed by atoms with van der Waals surface area (Å²) in [5.41, 5.74) is 0.725. The van der Waals surface area contributed by atoms with Gasteiger partial charge in [0.05, 0.1) is 0 Å². The first-order valence-electron chi connectivity index (χ1n) is 5.57. The molecule has 1 rings (SSSR count). The molecular formula is C13H18BrNO. The minimum absolute atomic E-state index is 0.0141. The largest absolute Gasteiger partial charge is 0.349 e. The van der Waals surface area contributed by atoms with Crippen LogP contribution in [0.4, 0.5) is 0 Å². The Morgan fingerprint density at radius 1 is 1.31 bits per heavy atom. The summed E-state index contributed by atoms with van der Waals surface area (Å²) in [5.74, 6) is 0.463. The van der Waals surface area contributed by atoms with Crippen LogP contribution in [-0.2, 0) is 0 Å². The molecule has 16 heavy (non-hydrogen) atoms. The number of carbonyl (C=O) groups is 1. The smallest absolute Gasteiger partial charge is 0.251 e. The van der Waals surface area contributed by atoms with Crippen molar-refractivity contribution in [2.24, 2.45) is 5.92 Å². The van der Waals surface area contributed by atoms with Gasteiger partial charge in [-0.1, -0.05) is 48.0 Å². The van der Waals surface area contributed by atoms with Crippen LogP contribution < -0.4 is 5.32 Å². The van der Waals surface area contributed by atoms with Crippen LogP contribution in [0, 0.1) is 5.92 Å². The van der Waals surface area contributed by atoms with E-state index in [2.05, 4.69) is 35.1 Å². The molecule has 1 amide bonds. The second-order valence-corrected chi connectivity index (χ2v) is 4.96. The summed E-state index contributed by atoms with van der Waals surface area (Å²) < 4.78 is 0. The zero-order chi connectivity index (χ0) is 12.0. The van der Waals surface area contributed by atoms with Gasteiger partial charge in [-0.25, -0.2) is 0 Å². The topological polar surface area (TPSA) is 29.1 Å². The van der Waals surface area contributed by atoms with Crippen molar-refractivity contribution in [1.82, 2.24) is 5.32 Å². The van der Waals surface area contributed by atoms with Crippen LogP contribution >= 0.6 is 15.9 Å². The first kappa shape index (κ1) is 13.2. The standard InChI is InChI=1S/C13H18BrNO/c1-10(2)12(8-9-14)15-13(16)11-6-4-3-5-7-11/h3-7,10,12H,8-9H2,1-2H3,(H,15,16). The van der Waals surface area contributed by atoms with E-state index in [9.17, 15) is 4.79 Å². The van der Waals surface area contributed by atoms with Gasteiger partial charge in [0.1, 0.15) is 0 Å². The van der Waals surface area contributed by atoms with Crippen LogP contribution in [0.3, 0.4) is 0 Å². The van der Waals surface area contributed by atoms with Crippen LogP contribution in [0.5, 0.6) is 0 Å². The van der Waals surface area contributed by atoms with Crippen LogP contribution in [0.25, 0.3) is 0 Å². The summed E-state index contributed by atoms with van der Waals surface area (Å²) in [4.78, 5) is 11.9. The zero-order valence-corrected chi connectivity index (χ0v) is 11.3. The molecule has 2 nitrogen and oxygen atoms in total. The SMILES string of the molecule is CC(C)C(CCBr)NC(=O)c1ccccc1. The lowest BCUT2D eigenvalue weighted by Gasteiger charge is -2.21. The number of alkyl halides is 1. The highest BCUT2D eigenvalue weighted by Gasteiger charge is 2.15. The molecule has 1 aromatic carbocycles. The molecule has 88 valence electrons. The van der Waals surface area contributed by atoms with Gasteiger partial charge in [-0.15, -0.1) is 0 Å². The predicted octanol–water partition coefficient (Wildman–Crippen LogP) is 3.23. The molecule has 1 aromatic rings. The molecule has 0 aliphatic carbocycles. The van der Waals surface area contributed by atoms with Gasteiger partial charge in [-0.2, -0.15) is 0 Å². The first-order valence-corrected chi connectivity index (χ1v) is 6.69. The highest BCUT2D eigenvalue weighted by Crippen LogP contribution is 2.09. The summed E-state index contributed by atoms with van der Waals surface area (Å²) in [7, 11) is 0. The maximum Gasteiger partial charge on any atom is 0.251 e. The van der Waals surface area contributed by atoms with Crippen LogP contribution in [0.1, 0.15) is 30.6 Å². The molecule has 1 atom stereocenters. The van der Waals surface area contributed by atoms with Gasteiger partial charge in [-0.05, 0) is 24.5 Å². The summed E-state index contributed by atoms with van der Waals surface area (Å²) >= 11 is 3.41. The van der Waals surface area contributed by atoms with Crippen molar-refractivity contribution in [3.63, 3.8) is 0 Å². The molecular weight excluding hydrogens is 266 g/mol. The van der Waals surface area contributed by atoms with E-state index in [0.29, 0.717) is 5.92 Å². The molecule has 0 aliphatic rings. The summed E-state index contributed by atoms with van der Waals surface area (Å²) in [6, 6.07) is 9.57. The van der Waals surface area contributed by atoms with Crippen LogP contribution in [0.2, 0.25) is 0 Å². The van der Waals surface area contributed by atoms with Crippen molar-refractivity contribution < 1.29 is 4.79 Å². The Morgan fingerprint density at radius 2 is 1.94 bits per heavy atom. The van der Waals surface area contributed by atoms with E-state index >= 15 is 0 Å². The monoisotopic (exact) mass is 283 g/mol. The van der Waals surface area contributed by atoms with Crippen molar-refractivity contribution in [2.45, 2.75) is 26.3 Å². The molecule has 3 heteroatoms. The number of amides is 1. The molecule has 0 saturated carbocycles. The quantitative estimate of drug-likeness (QED) is 0.826. The molecule has 0 radical (unpaired) electrons. The Morgan fingerprint density at radius 3 is 2.44 bits per heavy atom. The number of benzene rings is 1. The second-order valence-electron chi connectivity index (χ2n) is 4.17. The third-order valence-electron chi connectivity index (χ3n) is 2.58. The Hall–Kier alpha value is -0.830. The molecule has 0 aromatic heterocycles. The van der Waals surface area contributed by atoms with Crippen molar-refractivity contribution in [3.8, 4) is 0 Å². The van der Waals surface area contributed by atoms with Crippen molar-refractivity contribution >= 4 is 21.8 Å². The fourth-order valence-electron chi connectivity index (χ4n) is 1.53. The molecule has 0 aliphatic heterocycles. The van der Waals surface area contributed by atoms with E-state index in [0.717, 1.165) is 17.3 Å². The van der Waals surface area contributed by atoms with Crippen molar-refractivity contribution in [2.75, 3.05) is 5.33 Å². The Kier molecular flexibility index (Phi) is 5.53. The van der Waals surface area contributed by atoms with Gasteiger partial charge >= 0.3 is 0 Å². The molecule has 1 N–H and O–H groups in total. The van der Waals surface area contributed by atoms with Gasteiger partial charge in [0, 0.05) is 16.9 Å².